The van der Waals surface area contributed by atoms with Gasteiger partial charge in [0.05, 0.1) is 22.3 Å². The van der Waals surface area contributed by atoms with Crippen molar-refractivity contribution in [3.05, 3.63) is 35.5 Å². The molecule has 106 valence electrons. The number of aromatic nitrogens is 1. The summed E-state index contributed by atoms with van der Waals surface area (Å²) in [6.07, 6.45) is 2.31. The fourth-order valence-electron chi connectivity index (χ4n) is 2.08. The fourth-order valence-corrected chi connectivity index (χ4v) is 2.29. The fraction of sp³-hybridized carbons (Fsp3) is 0.333. The molecule has 0 saturated heterocycles. The zero-order chi connectivity index (χ0) is 14.7. The molecule has 0 aliphatic carbocycles. The molecule has 0 bridgehead atoms. The van der Waals surface area contributed by atoms with E-state index in [1.54, 1.807) is 18.3 Å². The van der Waals surface area contributed by atoms with E-state index in [9.17, 15) is 4.79 Å². The molecule has 1 aromatic heterocycles. The van der Waals surface area contributed by atoms with E-state index in [1.165, 1.54) is 0 Å². The van der Waals surface area contributed by atoms with Gasteiger partial charge in [-0.1, -0.05) is 25.4 Å². The van der Waals surface area contributed by atoms with Crippen molar-refractivity contribution < 1.29 is 4.79 Å². The first kappa shape index (κ1) is 14.8. The summed E-state index contributed by atoms with van der Waals surface area (Å²) in [7, 11) is 0. The maximum Gasteiger partial charge on any atom is 0.241 e. The molecule has 0 radical (unpaired) electrons. The predicted molar refractivity (Wildman–Crippen MR) is 82.8 cm³/mol. The molecule has 2 aromatic rings. The van der Waals surface area contributed by atoms with E-state index >= 15 is 0 Å². The Balaban J connectivity index is 2.26. The van der Waals surface area contributed by atoms with E-state index in [1.807, 2.05) is 26.0 Å². The number of nitrogens with one attached hydrogen (secondary N) is 1. The van der Waals surface area contributed by atoms with Gasteiger partial charge >= 0.3 is 0 Å². The Morgan fingerprint density at radius 3 is 2.85 bits per heavy atom. The van der Waals surface area contributed by atoms with Crippen LogP contribution < -0.4 is 11.1 Å². The van der Waals surface area contributed by atoms with Gasteiger partial charge in [0.25, 0.3) is 0 Å². The molecule has 0 spiro atoms. The Hall–Kier alpha value is -1.65. The highest BCUT2D eigenvalue weighted by Gasteiger charge is 2.16. The molecule has 1 heterocycles. The van der Waals surface area contributed by atoms with Crippen LogP contribution in [0, 0.1) is 5.92 Å². The van der Waals surface area contributed by atoms with Crippen molar-refractivity contribution in [2.24, 2.45) is 11.7 Å². The minimum Gasteiger partial charge on any atom is -0.323 e. The normalized spacial score (nSPS) is 12.7. The van der Waals surface area contributed by atoms with Crippen molar-refractivity contribution in [1.29, 1.82) is 0 Å². The average Bonchev–Trinajstić information content (AvgIpc) is 2.41. The number of rotatable bonds is 4. The molecule has 0 aliphatic heterocycles. The van der Waals surface area contributed by atoms with Gasteiger partial charge in [-0.05, 0) is 36.6 Å². The molecule has 4 nitrogen and oxygen atoms in total. The highest BCUT2D eigenvalue weighted by molar-refractivity contribution is 6.35. The molecule has 0 aliphatic rings. The van der Waals surface area contributed by atoms with Crippen molar-refractivity contribution in [1.82, 2.24) is 4.98 Å². The van der Waals surface area contributed by atoms with Crippen LogP contribution in [0.1, 0.15) is 20.3 Å². The number of hydrogen-bond acceptors (Lipinski definition) is 3. The van der Waals surface area contributed by atoms with Crippen molar-refractivity contribution in [2.45, 2.75) is 26.3 Å². The molecule has 1 unspecified atom stereocenters. The van der Waals surface area contributed by atoms with E-state index in [-0.39, 0.29) is 5.91 Å². The smallest absolute Gasteiger partial charge is 0.241 e. The van der Waals surface area contributed by atoms with Crippen molar-refractivity contribution in [3.8, 4) is 0 Å². The number of halogens is 1. The van der Waals surface area contributed by atoms with Gasteiger partial charge in [0.2, 0.25) is 5.91 Å². The zero-order valence-corrected chi connectivity index (χ0v) is 12.3. The summed E-state index contributed by atoms with van der Waals surface area (Å²) in [5.74, 6) is 0.170. The Labute approximate surface area is 123 Å². The van der Waals surface area contributed by atoms with Gasteiger partial charge in [-0.15, -0.1) is 0 Å². The third-order valence-electron chi connectivity index (χ3n) is 3.04. The number of fused-ring (bicyclic) bond motifs is 1. The summed E-state index contributed by atoms with van der Waals surface area (Å²) in [6.45, 7) is 4.07. The molecule has 1 amide bonds. The van der Waals surface area contributed by atoms with Gasteiger partial charge in [-0.2, -0.15) is 0 Å². The molecule has 0 saturated carbocycles. The van der Waals surface area contributed by atoms with Crippen LogP contribution >= 0.6 is 11.6 Å². The van der Waals surface area contributed by atoms with Crippen LogP contribution in [-0.4, -0.2) is 16.9 Å². The van der Waals surface area contributed by atoms with Crippen molar-refractivity contribution >= 4 is 34.1 Å². The zero-order valence-electron chi connectivity index (χ0n) is 11.6. The number of amides is 1. The maximum atomic E-state index is 12.1. The lowest BCUT2D eigenvalue weighted by Gasteiger charge is -2.15. The van der Waals surface area contributed by atoms with E-state index in [2.05, 4.69) is 10.3 Å². The lowest BCUT2D eigenvalue weighted by molar-refractivity contribution is -0.117. The van der Waals surface area contributed by atoms with Crippen molar-refractivity contribution in [3.63, 3.8) is 0 Å². The second-order valence-electron chi connectivity index (χ2n) is 5.22. The first-order chi connectivity index (χ1) is 9.49. The topological polar surface area (TPSA) is 68.0 Å². The number of carbonyl (C=O) groups is 1. The highest BCUT2D eigenvalue weighted by Crippen LogP contribution is 2.28. The summed E-state index contributed by atoms with van der Waals surface area (Å²) < 4.78 is 0. The van der Waals surface area contributed by atoms with E-state index in [0.29, 0.717) is 28.6 Å². The number of carbonyl (C=O) groups excluding carboxylic acids is 1. The van der Waals surface area contributed by atoms with Crippen LogP contribution in [0.15, 0.2) is 30.5 Å². The van der Waals surface area contributed by atoms with Crippen LogP contribution in [0.3, 0.4) is 0 Å². The molecular formula is C15H18ClN3O. The van der Waals surface area contributed by atoms with Crippen molar-refractivity contribution in [2.75, 3.05) is 5.32 Å². The first-order valence-electron chi connectivity index (χ1n) is 6.58. The Morgan fingerprint density at radius 2 is 2.15 bits per heavy atom. The number of hydrogen-bond donors (Lipinski definition) is 2. The van der Waals surface area contributed by atoms with Gasteiger partial charge in [0.1, 0.15) is 0 Å². The van der Waals surface area contributed by atoms with Gasteiger partial charge in [-0.25, -0.2) is 0 Å². The van der Waals surface area contributed by atoms with Crippen LogP contribution in [0.4, 0.5) is 5.69 Å². The third kappa shape index (κ3) is 3.26. The van der Waals surface area contributed by atoms with Crippen LogP contribution in [0.5, 0.6) is 0 Å². The molecule has 2 rings (SSSR count). The largest absolute Gasteiger partial charge is 0.323 e. The van der Waals surface area contributed by atoms with Gasteiger partial charge in [-0.3, -0.25) is 9.78 Å². The number of benzene rings is 1. The van der Waals surface area contributed by atoms with E-state index < -0.39 is 6.04 Å². The van der Waals surface area contributed by atoms with Gasteiger partial charge in [0.15, 0.2) is 0 Å². The van der Waals surface area contributed by atoms with Crippen LogP contribution in [-0.2, 0) is 4.79 Å². The summed E-state index contributed by atoms with van der Waals surface area (Å²) in [5, 5.41) is 4.25. The predicted octanol–water partition coefficient (Wildman–Crippen LogP) is 3.20. The summed E-state index contributed by atoms with van der Waals surface area (Å²) in [4.78, 5) is 16.4. The quantitative estimate of drug-likeness (QED) is 0.909. The molecule has 20 heavy (non-hydrogen) atoms. The molecule has 5 heteroatoms. The van der Waals surface area contributed by atoms with E-state index in [4.69, 9.17) is 17.3 Å². The summed E-state index contributed by atoms with van der Waals surface area (Å²) in [6, 6.07) is 6.65. The van der Waals surface area contributed by atoms with Crippen LogP contribution in [0.25, 0.3) is 10.9 Å². The molecule has 1 aromatic carbocycles. The number of nitrogens with zero attached hydrogens (tertiary/aromatic N) is 1. The highest BCUT2D eigenvalue weighted by atomic mass is 35.5. The standard InChI is InChI=1S/C15H18ClN3O/c1-9(2)8-12(17)15(20)19-13-6-5-11(16)10-4-3-7-18-14(10)13/h3-7,9,12H,8,17H2,1-2H3,(H,19,20). The lowest BCUT2D eigenvalue weighted by Crippen LogP contribution is -2.36. The third-order valence-corrected chi connectivity index (χ3v) is 3.37. The first-order valence-corrected chi connectivity index (χ1v) is 6.96. The van der Waals surface area contributed by atoms with Crippen LogP contribution in [0.2, 0.25) is 5.02 Å². The van der Waals surface area contributed by atoms with Gasteiger partial charge < -0.3 is 11.1 Å². The Morgan fingerprint density at radius 1 is 1.40 bits per heavy atom. The molecule has 3 N–H and O–H groups in total. The Kier molecular flexibility index (Phi) is 4.57. The second kappa shape index (κ2) is 6.20. The average molecular weight is 292 g/mol. The maximum absolute atomic E-state index is 12.1. The monoisotopic (exact) mass is 291 g/mol. The minimum atomic E-state index is -0.524. The minimum absolute atomic E-state index is 0.201. The summed E-state index contributed by atoms with van der Waals surface area (Å²) in [5.41, 5.74) is 7.19. The Bertz CT molecular complexity index is 628. The van der Waals surface area contributed by atoms with Gasteiger partial charge in [0, 0.05) is 11.6 Å². The number of nitrogens with two attached hydrogens (primary N) is 1. The molecule has 1 atom stereocenters. The van der Waals surface area contributed by atoms with E-state index in [0.717, 1.165) is 5.39 Å². The number of anilines is 1. The SMILES string of the molecule is CC(C)CC(N)C(=O)Nc1ccc(Cl)c2cccnc12. The summed E-state index contributed by atoms with van der Waals surface area (Å²) >= 11 is 6.12. The number of pyridine rings is 1. The molecular weight excluding hydrogens is 274 g/mol. The molecule has 0 fully saturated rings. The lowest BCUT2D eigenvalue weighted by atomic mass is 10.0. The second-order valence-corrected chi connectivity index (χ2v) is 5.63.